The lowest BCUT2D eigenvalue weighted by atomic mass is 10.00. The summed E-state index contributed by atoms with van der Waals surface area (Å²) in [5.74, 6) is 0.506. The molecule has 49 heavy (non-hydrogen) atoms. The monoisotopic (exact) mass is 712 g/mol. The van der Waals surface area contributed by atoms with Gasteiger partial charge >= 0.3 is 5.24 Å². The van der Waals surface area contributed by atoms with Crippen LogP contribution in [0.3, 0.4) is 0 Å². The standard InChI is InChI=1S/C34H48N6O7SSi/c1-21(2)49(22(3)4,23(5)6)47-31-29(20-42-33(30(31)38-40-36)41-19-25-14-10-8-11-15-25)45-32-28(18-27(37-39-35)24(7)43-32)46-34(48)44-26-16-12-9-13-17-26/h8-17,21-24,27-33H,18-20H2,1-7H3/t24-,27+,28-,29-,30-,31+,32+,33-/m1/s1. The summed E-state index contributed by atoms with van der Waals surface area (Å²) in [6, 6.07) is 17.3. The van der Waals surface area contributed by atoms with Gasteiger partial charge in [0.2, 0.25) is 8.32 Å². The van der Waals surface area contributed by atoms with Crippen molar-refractivity contribution in [2.45, 2.75) is 127 Å². The van der Waals surface area contributed by atoms with E-state index in [9.17, 15) is 11.1 Å². The molecule has 15 heteroatoms. The largest absolute Gasteiger partial charge is 0.448 e. The Morgan fingerprint density at radius 3 is 2.10 bits per heavy atom. The van der Waals surface area contributed by atoms with Crippen LogP contribution in [0.15, 0.2) is 70.9 Å². The van der Waals surface area contributed by atoms with Gasteiger partial charge in [0.15, 0.2) is 18.7 Å². The van der Waals surface area contributed by atoms with Crippen LogP contribution in [0.25, 0.3) is 20.9 Å². The van der Waals surface area contributed by atoms with Crippen LogP contribution in [0.4, 0.5) is 0 Å². The van der Waals surface area contributed by atoms with Crippen LogP contribution in [0.5, 0.6) is 5.75 Å². The highest BCUT2D eigenvalue weighted by Crippen LogP contribution is 2.45. The van der Waals surface area contributed by atoms with Gasteiger partial charge in [-0.1, -0.05) is 100 Å². The van der Waals surface area contributed by atoms with Gasteiger partial charge in [-0.2, -0.15) is 0 Å². The van der Waals surface area contributed by atoms with Crippen LogP contribution in [0.2, 0.25) is 16.6 Å². The molecule has 0 aliphatic carbocycles. The third-order valence-electron chi connectivity index (χ3n) is 9.26. The Hall–Kier alpha value is -3.23. The van der Waals surface area contributed by atoms with E-state index in [-0.39, 0.29) is 41.5 Å². The Morgan fingerprint density at radius 1 is 0.898 bits per heavy atom. The van der Waals surface area contributed by atoms with Crippen LogP contribution >= 0.6 is 12.2 Å². The van der Waals surface area contributed by atoms with E-state index in [1.165, 1.54) is 0 Å². The van der Waals surface area contributed by atoms with Crippen LogP contribution in [-0.4, -0.2) is 69.2 Å². The molecule has 0 unspecified atom stereocenters. The molecule has 2 aliphatic rings. The molecule has 4 rings (SSSR count). The molecule has 0 saturated carbocycles. The number of rotatable bonds is 14. The Bertz CT molecular complexity index is 1420. The van der Waals surface area contributed by atoms with Gasteiger partial charge < -0.3 is 32.8 Å². The number of ether oxygens (including phenoxy) is 6. The van der Waals surface area contributed by atoms with Crippen molar-refractivity contribution in [3.8, 4) is 5.75 Å². The maximum atomic E-state index is 9.80. The number of hydrogen-bond donors (Lipinski definition) is 0. The maximum absolute atomic E-state index is 9.80. The molecule has 2 fully saturated rings. The Kier molecular flexibility index (Phi) is 14.3. The average molecular weight is 713 g/mol. The lowest BCUT2D eigenvalue weighted by molar-refractivity contribution is -0.300. The van der Waals surface area contributed by atoms with Crippen LogP contribution in [0, 0.1) is 0 Å². The van der Waals surface area contributed by atoms with Crippen LogP contribution in [0.1, 0.15) is 60.5 Å². The summed E-state index contributed by atoms with van der Waals surface area (Å²) in [4.78, 5) is 6.21. The van der Waals surface area contributed by atoms with Crippen LogP contribution < -0.4 is 4.74 Å². The molecule has 2 heterocycles. The number of hydrogen-bond acceptors (Lipinski definition) is 10. The molecule has 0 bridgehead atoms. The predicted molar refractivity (Wildman–Crippen MR) is 191 cm³/mol. The van der Waals surface area contributed by atoms with E-state index >= 15 is 0 Å². The van der Waals surface area contributed by atoms with Gasteiger partial charge in [0.25, 0.3) is 0 Å². The van der Waals surface area contributed by atoms with Gasteiger partial charge in [-0.15, -0.1) is 0 Å². The lowest BCUT2D eigenvalue weighted by Gasteiger charge is -2.50. The molecule has 2 aliphatic heterocycles. The molecule has 0 aromatic heterocycles. The van der Waals surface area contributed by atoms with E-state index in [1.807, 2.05) is 48.5 Å². The summed E-state index contributed by atoms with van der Waals surface area (Å²) in [5, 5.41) is 7.99. The van der Waals surface area contributed by atoms with Crippen molar-refractivity contribution in [1.82, 2.24) is 0 Å². The van der Waals surface area contributed by atoms with E-state index in [1.54, 1.807) is 19.1 Å². The first-order valence-electron chi connectivity index (χ1n) is 16.8. The predicted octanol–water partition coefficient (Wildman–Crippen LogP) is 8.75. The fourth-order valence-electron chi connectivity index (χ4n) is 7.01. The molecule has 0 N–H and O–H groups in total. The number of benzene rings is 2. The third-order valence-corrected chi connectivity index (χ3v) is 15.5. The normalized spacial score (nSPS) is 27.3. The molecule has 0 amide bonds. The van der Waals surface area contributed by atoms with Crippen molar-refractivity contribution >= 4 is 25.8 Å². The zero-order valence-electron chi connectivity index (χ0n) is 29.2. The van der Waals surface area contributed by atoms with Gasteiger partial charge in [-0.05, 0) is 52.3 Å². The first-order valence-corrected chi connectivity index (χ1v) is 19.3. The summed E-state index contributed by atoms with van der Waals surface area (Å²) < 4.78 is 44.7. The second-order valence-electron chi connectivity index (χ2n) is 13.3. The molecule has 2 saturated heterocycles. The van der Waals surface area contributed by atoms with Gasteiger partial charge in [-0.25, -0.2) is 0 Å². The Labute approximate surface area is 294 Å². The topological polar surface area (TPSA) is 162 Å². The van der Waals surface area contributed by atoms with E-state index in [2.05, 4.69) is 61.6 Å². The Balaban J connectivity index is 1.66. The highest BCUT2D eigenvalue weighted by atomic mass is 32.1. The van der Waals surface area contributed by atoms with Crippen LogP contribution in [-0.2, 0) is 34.7 Å². The molecular weight excluding hydrogens is 665 g/mol. The highest BCUT2D eigenvalue weighted by Gasteiger charge is 2.53. The fraction of sp³-hybridized carbons (Fsp3) is 0.618. The molecule has 8 atom stereocenters. The zero-order valence-corrected chi connectivity index (χ0v) is 31.0. The molecule has 13 nitrogen and oxygen atoms in total. The van der Waals surface area contributed by atoms with Crippen molar-refractivity contribution in [2.24, 2.45) is 10.2 Å². The number of thiocarbonyl (C=S) groups is 1. The minimum absolute atomic E-state index is 0.0615. The van der Waals surface area contributed by atoms with Crippen molar-refractivity contribution in [1.29, 1.82) is 0 Å². The highest BCUT2D eigenvalue weighted by molar-refractivity contribution is 7.79. The first-order chi connectivity index (χ1) is 23.5. The average Bonchev–Trinajstić information content (AvgIpc) is 3.06. The van der Waals surface area contributed by atoms with E-state index in [4.69, 9.17) is 45.1 Å². The molecule has 0 radical (unpaired) electrons. The van der Waals surface area contributed by atoms with Crippen molar-refractivity contribution < 1.29 is 32.8 Å². The summed E-state index contributed by atoms with van der Waals surface area (Å²) in [7, 11) is -2.57. The molecular formula is C34H48N6O7SSi. The van der Waals surface area contributed by atoms with Gasteiger partial charge in [0.05, 0.1) is 31.5 Å². The van der Waals surface area contributed by atoms with E-state index in [0.29, 0.717) is 5.75 Å². The SMILES string of the molecule is CC(C)[Si](O[C@@H]1[C@@H](N=[N+]=[N-])[C@H](OCc2ccccc2)OC[C@H]1O[C@@H]1O[C@H](C)[C@@H](N=[N+]=[N-])C[C@H]1OC(=S)Oc1ccccc1)(C(C)C)C(C)C. The number of para-hydroxylation sites is 1. The molecule has 266 valence electrons. The quantitative estimate of drug-likeness (QED) is 0.0617. The van der Waals surface area contributed by atoms with E-state index in [0.717, 1.165) is 5.56 Å². The minimum atomic E-state index is -2.57. The van der Waals surface area contributed by atoms with Crippen molar-refractivity contribution in [2.75, 3.05) is 6.61 Å². The third kappa shape index (κ3) is 9.72. The van der Waals surface area contributed by atoms with Gasteiger partial charge in [0, 0.05) is 28.5 Å². The Morgan fingerprint density at radius 2 is 1.51 bits per heavy atom. The maximum Gasteiger partial charge on any atom is 0.358 e. The zero-order chi connectivity index (χ0) is 35.6. The molecule has 0 spiro atoms. The summed E-state index contributed by atoms with van der Waals surface area (Å²) in [6.07, 6.45) is -4.44. The second-order valence-corrected chi connectivity index (χ2v) is 19.0. The van der Waals surface area contributed by atoms with Crippen molar-refractivity contribution in [3.05, 3.63) is 87.1 Å². The van der Waals surface area contributed by atoms with Gasteiger partial charge in [-0.3, -0.25) is 0 Å². The minimum Gasteiger partial charge on any atom is -0.448 e. The summed E-state index contributed by atoms with van der Waals surface area (Å²) >= 11 is 5.45. The number of nitrogens with zero attached hydrogens (tertiary/aromatic N) is 6. The van der Waals surface area contributed by atoms with E-state index < -0.39 is 57.4 Å². The fourth-order valence-corrected chi connectivity index (χ4v) is 12.8. The number of azide groups is 2. The lowest BCUT2D eigenvalue weighted by Crippen LogP contribution is -2.62. The smallest absolute Gasteiger partial charge is 0.358 e. The second kappa shape index (κ2) is 18.1. The van der Waals surface area contributed by atoms with Gasteiger partial charge in [0.1, 0.15) is 17.9 Å². The molecule has 2 aromatic rings. The first kappa shape index (κ1) is 38.6. The van der Waals surface area contributed by atoms with Crippen molar-refractivity contribution in [3.63, 3.8) is 0 Å². The molecule has 2 aromatic carbocycles. The summed E-state index contributed by atoms with van der Waals surface area (Å²) in [5.41, 5.74) is 20.7. The summed E-state index contributed by atoms with van der Waals surface area (Å²) in [6.45, 7) is 15.2.